The maximum absolute atomic E-state index is 13.3. The summed E-state index contributed by atoms with van der Waals surface area (Å²) < 4.78 is 41.7. The number of aliphatic hydroxyl groups excluding tert-OH is 1. The Kier molecular flexibility index (Phi) is 7.12. The Morgan fingerprint density at radius 1 is 0.972 bits per heavy atom. The Morgan fingerprint density at radius 3 is 2.28 bits per heavy atom. The fraction of sp³-hybridized carbons (Fsp3) is 0.261. The normalized spacial score (nSPS) is 13.1. The molecule has 0 aliphatic carbocycles. The van der Waals surface area contributed by atoms with Crippen molar-refractivity contribution in [1.29, 1.82) is 0 Å². The van der Waals surface area contributed by atoms with Gasteiger partial charge in [0.05, 0.1) is 25.6 Å². The van der Waals surface area contributed by atoms with Gasteiger partial charge in [0.1, 0.15) is 28.5 Å². The van der Waals surface area contributed by atoms with Gasteiger partial charge in [0.15, 0.2) is 5.82 Å². The minimum Gasteiger partial charge on any atom is -0.494 e. The second-order valence-electron chi connectivity index (χ2n) is 7.83. The molecular formula is C23H25N7O5S. The Hall–Kier alpha value is -4.10. The van der Waals surface area contributed by atoms with Crippen LogP contribution in [0.1, 0.15) is 24.4 Å². The molecule has 0 saturated carbocycles. The van der Waals surface area contributed by atoms with E-state index < -0.39 is 21.4 Å². The van der Waals surface area contributed by atoms with Crippen LogP contribution in [-0.2, 0) is 10.0 Å². The van der Waals surface area contributed by atoms with E-state index in [1.54, 1.807) is 55.7 Å². The molecule has 0 spiro atoms. The predicted octanol–water partition coefficient (Wildman–Crippen LogP) is 2.31. The van der Waals surface area contributed by atoms with Crippen molar-refractivity contribution < 1.29 is 23.0 Å². The predicted molar refractivity (Wildman–Crippen MR) is 131 cm³/mol. The smallest absolute Gasteiger partial charge is 0.243 e. The average molecular weight is 512 g/mol. The third-order valence-electron chi connectivity index (χ3n) is 5.50. The molecule has 188 valence electrons. The number of aryl methyl sites for hydroxylation is 1. The topological polar surface area (TPSA) is 154 Å². The number of methoxy groups -OCH3 is 2. The maximum Gasteiger partial charge on any atom is 0.243 e. The number of ether oxygens (including phenoxy) is 2. The molecule has 3 heterocycles. The molecule has 0 fully saturated rings. The van der Waals surface area contributed by atoms with Crippen LogP contribution in [0, 0.1) is 6.92 Å². The van der Waals surface area contributed by atoms with Crippen molar-refractivity contribution in [3.05, 3.63) is 66.2 Å². The van der Waals surface area contributed by atoms with Gasteiger partial charge in [-0.2, -0.15) is 10.2 Å². The van der Waals surface area contributed by atoms with Gasteiger partial charge in [0.25, 0.3) is 0 Å². The lowest BCUT2D eigenvalue weighted by Gasteiger charge is -2.21. The summed E-state index contributed by atoms with van der Waals surface area (Å²) in [5.41, 5.74) is 1.72. The third kappa shape index (κ3) is 4.83. The van der Waals surface area contributed by atoms with Crippen LogP contribution >= 0.6 is 0 Å². The number of hydrogen-bond donors (Lipinski definition) is 2. The number of aromatic nitrogens is 6. The average Bonchev–Trinajstić information content (AvgIpc) is 3.30. The number of hydrogen-bond acceptors (Lipinski definition) is 10. The first kappa shape index (κ1) is 25.0. The van der Waals surface area contributed by atoms with Gasteiger partial charge in [-0.3, -0.25) is 14.3 Å². The van der Waals surface area contributed by atoms with Crippen molar-refractivity contribution in [2.45, 2.75) is 25.2 Å². The summed E-state index contributed by atoms with van der Waals surface area (Å²) in [6.07, 6.45) is 1.74. The lowest BCUT2D eigenvalue weighted by atomic mass is 10.2. The number of sulfonamides is 1. The molecule has 2 N–H and O–H groups in total. The van der Waals surface area contributed by atoms with Crippen LogP contribution in [0.2, 0.25) is 0 Å². The summed E-state index contributed by atoms with van der Waals surface area (Å²) >= 11 is 0. The molecule has 0 radical (unpaired) electrons. The Bertz CT molecular complexity index is 1420. The second-order valence-corrected chi connectivity index (χ2v) is 9.87. The molecule has 12 nitrogen and oxygen atoms in total. The zero-order chi connectivity index (χ0) is 25.9. The summed E-state index contributed by atoms with van der Waals surface area (Å²) in [5, 5.41) is 25.5. The zero-order valence-corrected chi connectivity index (χ0v) is 20.8. The van der Waals surface area contributed by atoms with Crippen molar-refractivity contribution in [1.82, 2.24) is 29.9 Å². The van der Waals surface area contributed by atoms with Crippen molar-refractivity contribution in [3.63, 3.8) is 0 Å². The zero-order valence-electron chi connectivity index (χ0n) is 20.0. The first-order valence-electron chi connectivity index (χ1n) is 10.8. The summed E-state index contributed by atoms with van der Waals surface area (Å²) in [6, 6.07) is 11.8. The van der Waals surface area contributed by atoms with Crippen LogP contribution in [0.25, 0.3) is 17.1 Å². The fourth-order valence-electron chi connectivity index (χ4n) is 3.49. The number of benzene rings is 1. The molecule has 0 aliphatic rings. The van der Waals surface area contributed by atoms with E-state index in [4.69, 9.17) is 9.47 Å². The van der Waals surface area contributed by atoms with E-state index in [0.717, 1.165) is 0 Å². The Morgan fingerprint density at radius 2 is 1.69 bits per heavy atom. The summed E-state index contributed by atoms with van der Waals surface area (Å²) in [5.74, 6) is 0.942. The molecule has 0 amide bonds. The number of rotatable bonds is 9. The molecule has 0 bridgehead atoms. The molecule has 0 aliphatic heterocycles. The molecule has 0 saturated heterocycles. The number of aliphatic hydroxyl groups is 1. The number of para-hydroxylation sites is 1. The van der Waals surface area contributed by atoms with E-state index >= 15 is 0 Å². The number of nitrogens with one attached hydrogen (secondary N) is 1. The number of pyridine rings is 1. The molecule has 4 rings (SSSR count). The van der Waals surface area contributed by atoms with Crippen LogP contribution < -0.4 is 14.2 Å². The van der Waals surface area contributed by atoms with E-state index in [1.165, 1.54) is 31.8 Å². The lowest BCUT2D eigenvalue weighted by Crippen LogP contribution is -2.32. The van der Waals surface area contributed by atoms with Gasteiger partial charge in [0.2, 0.25) is 16.0 Å². The minimum atomic E-state index is -4.20. The van der Waals surface area contributed by atoms with Gasteiger partial charge in [-0.25, -0.2) is 8.42 Å². The summed E-state index contributed by atoms with van der Waals surface area (Å²) in [7, 11) is -1.23. The largest absolute Gasteiger partial charge is 0.494 e. The van der Waals surface area contributed by atoms with E-state index in [-0.39, 0.29) is 11.6 Å². The molecular weight excluding hydrogens is 486 g/mol. The molecule has 36 heavy (non-hydrogen) atoms. The maximum atomic E-state index is 13.3. The van der Waals surface area contributed by atoms with Gasteiger partial charge in [-0.1, -0.05) is 6.07 Å². The second kappa shape index (κ2) is 10.3. The number of nitrogens with zero attached hydrogens (tertiary/aromatic N) is 6. The first-order valence-corrected chi connectivity index (χ1v) is 12.4. The number of anilines is 1. The monoisotopic (exact) mass is 511 g/mol. The van der Waals surface area contributed by atoms with Crippen LogP contribution in [0.15, 0.2) is 54.9 Å². The Labute approximate surface area is 208 Å². The molecule has 2 atom stereocenters. The molecule has 13 heteroatoms. The van der Waals surface area contributed by atoms with Crippen molar-refractivity contribution >= 4 is 16.0 Å². The van der Waals surface area contributed by atoms with Crippen molar-refractivity contribution in [2.24, 2.45) is 0 Å². The van der Waals surface area contributed by atoms with Crippen LogP contribution in [0.4, 0.5) is 5.95 Å². The highest BCUT2D eigenvalue weighted by Crippen LogP contribution is 2.37. The quantitative estimate of drug-likeness (QED) is 0.342. The van der Waals surface area contributed by atoms with E-state index in [9.17, 15) is 13.5 Å². The van der Waals surface area contributed by atoms with Gasteiger partial charge in [-0.05, 0) is 50.2 Å². The highest BCUT2D eigenvalue weighted by Gasteiger charge is 2.33. The highest BCUT2D eigenvalue weighted by atomic mass is 32.2. The standard InChI is InChI=1S/C23H25N7O5S/c1-14-10-11-17(26-25-14)21(31)15(2)36(32,33)29-23-28-27-22(16-7-6-12-24-13-16)30(23)20-18(34-3)8-5-9-19(20)35-4/h5-13,15,21,31H,1-4H3,(H,28,29)/t15-,21+/m1/s1. The summed E-state index contributed by atoms with van der Waals surface area (Å²) in [6.45, 7) is 3.10. The van der Waals surface area contributed by atoms with Crippen molar-refractivity contribution in [3.8, 4) is 28.6 Å². The third-order valence-corrected chi connectivity index (χ3v) is 7.20. The molecule has 4 aromatic rings. The SMILES string of the molecule is COc1cccc(OC)c1-n1c(NS(=O)(=O)[C@H](C)[C@H](O)c2ccc(C)nn2)nnc1-c1cccnc1. The van der Waals surface area contributed by atoms with Crippen molar-refractivity contribution in [2.75, 3.05) is 18.9 Å². The van der Waals surface area contributed by atoms with E-state index in [1.807, 2.05) is 0 Å². The van der Waals surface area contributed by atoms with E-state index in [2.05, 4.69) is 30.1 Å². The van der Waals surface area contributed by atoms with Crippen LogP contribution in [-0.4, -0.2) is 62.9 Å². The van der Waals surface area contributed by atoms with Gasteiger partial charge in [0, 0.05) is 18.0 Å². The van der Waals surface area contributed by atoms with Crippen LogP contribution in [0.3, 0.4) is 0 Å². The molecule has 0 unspecified atom stereocenters. The first-order chi connectivity index (χ1) is 17.3. The van der Waals surface area contributed by atoms with Gasteiger partial charge >= 0.3 is 0 Å². The minimum absolute atomic E-state index is 0.127. The summed E-state index contributed by atoms with van der Waals surface area (Å²) in [4.78, 5) is 4.13. The highest BCUT2D eigenvalue weighted by molar-refractivity contribution is 7.93. The van der Waals surface area contributed by atoms with Crippen LogP contribution in [0.5, 0.6) is 11.5 Å². The lowest BCUT2D eigenvalue weighted by molar-refractivity contribution is 0.170. The molecule has 1 aromatic carbocycles. The molecule has 3 aromatic heterocycles. The van der Waals surface area contributed by atoms with Gasteiger partial charge < -0.3 is 14.6 Å². The Balaban J connectivity index is 1.81. The van der Waals surface area contributed by atoms with E-state index in [0.29, 0.717) is 34.3 Å². The fourth-order valence-corrected chi connectivity index (χ4v) is 4.54. The van der Waals surface area contributed by atoms with Gasteiger partial charge in [-0.15, -0.1) is 10.2 Å².